The van der Waals surface area contributed by atoms with Crippen LogP contribution in [0.15, 0.2) is 36.0 Å². The first kappa shape index (κ1) is 13.6. The Kier molecular flexibility index (Phi) is 3.52. The molecular weight excluding hydrogens is 292 g/mol. The number of halogens is 1. The van der Waals surface area contributed by atoms with Gasteiger partial charge in [0.05, 0.1) is 10.6 Å². The molecule has 1 amide bonds. The van der Waals surface area contributed by atoms with Gasteiger partial charge >= 0.3 is 0 Å². The van der Waals surface area contributed by atoms with E-state index in [0.717, 1.165) is 6.42 Å². The number of rotatable bonds is 4. The maximum atomic E-state index is 12.1. The number of hydrogen-bond donors (Lipinski definition) is 1. The summed E-state index contributed by atoms with van der Waals surface area (Å²) < 4.78 is 0. The van der Waals surface area contributed by atoms with Crippen LogP contribution < -0.4 is 5.32 Å². The highest BCUT2D eigenvalue weighted by atomic mass is 35.5. The minimum absolute atomic E-state index is 0.127. The molecule has 2 unspecified atom stereocenters. The molecule has 2 atom stereocenters. The Balaban J connectivity index is 1.59. The summed E-state index contributed by atoms with van der Waals surface area (Å²) >= 11 is 7.75. The van der Waals surface area contributed by atoms with Crippen molar-refractivity contribution < 1.29 is 4.79 Å². The average molecular weight is 307 g/mol. The Morgan fingerprint density at radius 3 is 3.15 bits per heavy atom. The fourth-order valence-electron chi connectivity index (χ4n) is 2.53. The van der Waals surface area contributed by atoms with E-state index in [2.05, 4.69) is 34.7 Å². The maximum Gasteiger partial charge on any atom is 0.252 e. The van der Waals surface area contributed by atoms with Crippen molar-refractivity contribution in [2.24, 2.45) is 5.92 Å². The van der Waals surface area contributed by atoms with Crippen molar-refractivity contribution >= 4 is 28.8 Å². The van der Waals surface area contributed by atoms with Gasteiger partial charge < -0.3 is 5.32 Å². The molecule has 1 aliphatic carbocycles. The summed E-state index contributed by atoms with van der Waals surface area (Å²) in [6, 6.07) is 5.89. The summed E-state index contributed by atoms with van der Waals surface area (Å²) in [4.78, 5) is 17.4. The van der Waals surface area contributed by atoms with Crippen LogP contribution in [0.25, 0.3) is 0 Å². The molecule has 5 heteroatoms. The van der Waals surface area contributed by atoms with Crippen LogP contribution in [-0.4, -0.2) is 17.4 Å². The molecule has 0 radical (unpaired) electrons. The number of carbonyl (C=O) groups excluding carboxylic acids is 1. The second-order valence-electron chi connectivity index (χ2n) is 5.36. The molecule has 0 aliphatic heterocycles. The molecule has 1 aliphatic rings. The van der Waals surface area contributed by atoms with Crippen LogP contribution in [-0.2, 0) is 5.41 Å². The highest BCUT2D eigenvalue weighted by Crippen LogP contribution is 2.54. The van der Waals surface area contributed by atoms with Gasteiger partial charge in [-0.25, -0.2) is 0 Å². The van der Waals surface area contributed by atoms with E-state index in [1.54, 1.807) is 23.6 Å². The Bertz CT molecular complexity index is 629. The summed E-state index contributed by atoms with van der Waals surface area (Å²) in [6.07, 6.45) is 4.19. The molecule has 0 saturated heterocycles. The molecule has 0 aromatic carbocycles. The standard InChI is InChI=1S/C15H15ClN2OS/c1-15(13-3-2-6-20-13)7-10(15)8-18-14(19)11-4-5-17-9-12(11)16/h2-6,9-10H,7-8H2,1H3,(H,18,19). The lowest BCUT2D eigenvalue weighted by molar-refractivity contribution is 0.0951. The summed E-state index contributed by atoms with van der Waals surface area (Å²) in [7, 11) is 0. The molecule has 2 aromatic heterocycles. The zero-order valence-electron chi connectivity index (χ0n) is 11.1. The maximum absolute atomic E-state index is 12.1. The summed E-state index contributed by atoms with van der Waals surface area (Å²) in [5, 5.41) is 5.47. The quantitative estimate of drug-likeness (QED) is 0.939. The normalized spacial score (nSPS) is 24.4. The number of hydrogen-bond acceptors (Lipinski definition) is 3. The molecule has 20 heavy (non-hydrogen) atoms. The van der Waals surface area contributed by atoms with E-state index in [-0.39, 0.29) is 11.3 Å². The van der Waals surface area contributed by atoms with E-state index < -0.39 is 0 Å². The van der Waals surface area contributed by atoms with Gasteiger partial charge in [0.25, 0.3) is 5.91 Å². The number of nitrogens with zero attached hydrogens (tertiary/aromatic N) is 1. The smallest absolute Gasteiger partial charge is 0.252 e. The summed E-state index contributed by atoms with van der Waals surface area (Å²) in [5.41, 5.74) is 0.712. The minimum Gasteiger partial charge on any atom is -0.352 e. The van der Waals surface area contributed by atoms with Crippen LogP contribution in [0.5, 0.6) is 0 Å². The second kappa shape index (κ2) is 5.19. The molecule has 1 fully saturated rings. The van der Waals surface area contributed by atoms with Crippen LogP contribution in [0.2, 0.25) is 5.02 Å². The lowest BCUT2D eigenvalue weighted by Gasteiger charge is -2.10. The predicted molar refractivity (Wildman–Crippen MR) is 81.4 cm³/mol. The van der Waals surface area contributed by atoms with Gasteiger partial charge in [-0.15, -0.1) is 11.3 Å². The first-order valence-electron chi connectivity index (χ1n) is 6.53. The third-order valence-corrected chi connectivity index (χ3v) is 5.47. The van der Waals surface area contributed by atoms with Crippen molar-refractivity contribution in [1.29, 1.82) is 0 Å². The lowest BCUT2D eigenvalue weighted by Crippen LogP contribution is -2.27. The highest BCUT2D eigenvalue weighted by Gasteiger charge is 2.51. The van der Waals surface area contributed by atoms with Crippen LogP contribution >= 0.6 is 22.9 Å². The van der Waals surface area contributed by atoms with E-state index in [4.69, 9.17) is 11.6 Å². The number of thiophene rings is 1. The third kappa shape index (κ3) is 2.45. The van der Waals surface area contributed by atoms with Crippen molar-refractivity contribution in [3.63, 3.8) is 0 Å². The van der Waals surface area contributed by atoms with Crippen molar-refractivity contribution in [3.8, 4) is 0 Å². The van der Waals surface area contributed by atoms with Gasteiger partial charge in [-0.3, -0.25) is 9.78 Å². The Morgan fingerprint density at radius 2 is 2.45 bits per heavy atom. The average Bonchev–Trinajstić information content (AvgIpc) is 2.89. The van der Waals surface area contributed by atoms with Crippen molar-refractivity contribution in [2.75, 3.05) is 6.54 Å². The molecule has 0 spiro atoms. The van der Waals surface area contributed by atoms with Crippen molar-refractivity contribution in [3.05, 3.63) is 51.4 Å². The number of amides is 1. The summed E-state index contributed by atoms with van der Waals surface area (Å²) in [5.74, 6) is 0.378. The summed E-state index contributed by atoms with van der Waals surface area (Å²) in [6.45, 7) is 2.95. The zero-order chi connectivity index (χ0) is 14.2. The van der Waals surface area contributed by atoms with E-state index in [9.17, 15) is 4.79 Å². The third-order valence-electron chi connectivity index (χ3n) is 4.02. The predicted octanol–water partition coefficient (Wildman–Crippen LogP) is 3.50. The van der Waals surface area contributed by atoms with Gasteiger partial charge in [0, 0.05) is 29.2 Å². The Morgan fingerprint density at radius 1 is 1.60 bits per heavy atom. The Labute approximate surface area is 127 Å². The zero-order valence-corrected chi connectivity index (χ0v) is 12.7. The van der Waals surface area contributed by atoms with Gasteiger partial charge in [0.2, 0.25) is 0 Å². The number of carbonyl (C=O) groups is 1. The lowest BCUT2D eigenvalue weighted by atomic mass is 10.0. The number of nitrogens with one attached hydrogen (secondary N) is 1. The molecule has 0 bridgehead atoms. The fourth-order valence-corrected chi connectivity index (χ4v) is 3.71. The SMILES string of the molecule is CC1(c2cccs2)CC1CNC(=O)c1ccncc1Cl. The van der Waals surface area contributed by atoms with E-state index in [1.807, 2.05) is 0 Å². The van der Waals surface area contributed by atoms with Crippen LogP contribution in [0, 0.1) is 5.92 Å². The molecule has 3 nitrogen and oxygen atoms in total. The van der Waals surface area contributed by atoms with E-state index in [0.29, 0.717) is 23.0 Å². The number of pyridine rings is 1. The first-order valence-corrected chi connectivity index (χ1v) is 7.79. The first-order chi connectivity index (χ1) is 9.61. The fraction of sp³-hybridized carbons (Fsp3) is 0.333. The van der Waals surface area contributed by atoms with E-state index in [1.165, 1.54) is 11.1 Å². The highest BCUT2D eigenvalue weighted by molar-refractivity contribution is 7.10. The largest absolute Gasteiger partial charge is 0.352 e. The number of aromatic nitrogens is 1. The monoisotopic (exact) mass is 306 g/mol. The van der Waals surface area contributed by atoms with Gasteiger partial charge in [-0.1, -0.05) is 24.6 Å². The molecule has 2 heterocycles. The van der Waals surface area contributed by atoms with Crippen LogP contribution in [0.4, 0.5) is 0 Å². The molecule has 2 aromatic rings. The molecular formula is C15H15ClN2OS. The molecule has 104 valence electrons. The minimum atomic E-state index is -0.127. The second-order valence-corrected chi connectivity index (χ2v) is 6.72. The molecule has 3 rings (SSSR count). The van der Waals surface area contributed by atoms with Gasteiger partial charge in [0.15, 0.2) is 0 Å². The molecule has 1 N–H and O–H groups in total. The van der Waals surface area contributed by atoms with Crippen molar-refractivity contribution in [1.82, 2.24) is 10.3 Å². The van der Waals surface area contributed by atoms with Crippen LogP contribution in [0.1, 0.15) is 28.6 Å². The van der Waals surface area contributed by atoms with Gasteiger partial charge in [-0.05, 0) is 29.9 Å². The van der Waals surface area contributed by atoms with Gasteiger partial charge in [-0.2, -0.15) is 0 Å². The topological polar surface area (TPSA) is 42.0 Å². The molecule has 1 saturated carbocycles. The van der Waals surface area contributed by atoms with Crippen LogP contribution in [0.3, 0.4) is 0 Å². The van der Waals surface area contributed by atoms with E-state index >= 15 is 0 Å². The van der Waals surface area contributed by atoms with Gasteiger partial charge in [0.1, 0.15) is 0 Å². The Hall–Kier alpha value is -1.39. The van der Waals surface area contributed by atoms with Crippen molar-refractivity contribution in [2.45, 2.75) is 18.8 Å².